The normalized spacial score (nSPS) is 12.9. The zero-order valence-electron chi connectivity index (χ0n) is 11.0. The van der Waals surface area contributed by atoms with E-state index in [1.54, 1.807) is 6.92 Å². The molecule has 0 aliphatic rings. The second-order valence-corrected chi connectivity index (χ2v) is 6.50. The summed E-state index contributed by atoms with van der Waals surface area (Å²) >= 11 is 0.917. The minimum atomic E-state index is -4.09. The van der Waals surface area contributed by atoms with Crippen LogP contribution in [0.5, 0.6) is 0 Å². The van der Waals surface area contributed by atoms with E-state index in [-0.39, 0.29) is 16.2 Å². The largest absolute Gasteiger partial charge is 0.480 e. The Hall–Kier alpha value is -1.45. The fourth-order valence-corrected chi connectivity index (χ4v) is 4.08. The van der Waals surface area contributed by atoms with E-state index in [1.807, 2.05) is 0 Å². The summed E-state index contributed by atoms with van der Waals surface area (Å²) in [7, 11) is -2.95. The summed E-state index contributed by atoms with van der Waals surface area (Å²) in [4.78, 5) is 22.1. The molecule has 0 spiro atoms. The number of hydrogen-bond donors (Lipinski definition) is 2. The van der Waals surface area contributed by atoms with Crippen molar-refractivity contribution in [1.29, 1.82) is 0 Å². The molecule has 0 saturated carbocycles. The van der Waals surface area contributed by atoms with Crippen molar-refractivity contribution in [2.45, 2.75) is 30.7 Å². The predicted octanol–water partition coefficient (Wildman–Crippen LogP) is 1.07. The van der Waals surface area contributed by atoms with Crippen molar-refractivity contribution < 1.29 is 27.9 Å². The molecule has 9 heteroatoms. The van der Waals surface area contributed by atoms with Gasteiger partial charge in [-0.25, -0.2) is 13.2 Å². The first-order chi connectivity index (χ1) is 9.33. The third-order valence-electron chi connectivity index (χ3n) is 2.46. The van der Waals surface area contributed by atoms with Crippen LogP contribution in [-0.2, 0) is 19.6 Å². The summed E-state index contributed by atoms with van der Waals surface area (Å²) in [6.45, 7) is 1.74. The number of hydrogen-bond acceptors (Lipinski definition) is 6. The number of sulfonamides is 1. The maximum absolute atomic E-state index is 12.1. The number of carbonyl (C=O) groups excluding carboxylic acids is 1. The van der Waals surface area contributed by atoms with Crippen LogP contribution in [0.15, 0.2) is 16.3 Å². The van der Waals surface area contributed by atoms with Gasteiger partial charge in [0.05, 0.1) is 7.11 Å². The van der Waals surface area contributed by atoms with Crippen LogP contribution >= 0.6 is 11.3 Å². The Kier molecular flexibility index (Phi) is 5.66. The smallest absolute Gasteiger partial charge is 0.349 e. The van der Waals surface area contributed by atoms with Gasteiger partial charge in [-0.3, -0.25) is 4.79 Å². The van der Waals surface area contributed by atoms with Gasteiger partial charge < -0.3 is 9.84 Å². The van der Waals surface area contributed by atoms with E-state index in [0.29, 0.717) is 6.42 Å². The average molecular weight is 321 g/mol. The molecule has 0 saturated heterocycles. The van der Waals surface area contributed by atoms with Crippen LogP contribution in [0, 0.1) is 0 Å². The standard InChI is InChI=1S/C11H15NO6S2/c1-3-4-7(10(13)14)12-20(16,17)8-5-6-19-9(8)11(15)18-2/h5-7,12H,3-4H2,1-2H3,(H,13,14)/t7-/m0/s1. The quantitative estimate of drug-likeness (QED) is 0.727. The summed E-state index contributed by atoms with van der Waals surface area (Å²) in [6.07, 6.45) is 0.666. The fraction of sp³-hybridized carbons (Fsp3) is 0.455. The van der Waals surface area contributed by atoms with E-state index < -0.39 is 28.0 Å². The van der Waals surface area contributed by atoms with Crippen molar-refractivity contribution in [2.24, 2.45) is 0 Å². The topological polar surface area (TPSA) is 110 Å². The molecule has 0 bridgehead atoms. The minimum absolute atomic E-state index is 0.0827. The van der Waals surface area contributed by atoms with Crippen molar-refractivity contribution in [2.75, 3.05) is 7.11 Å². The SMILES string of the molecule is CCC[C@H](NS(=O)(=O)c1ccsc1C(=O)OC)C(=O)O. The number of carboxylic acids is 1. The molecule has 1 atom stereocenters. The van der Waals surface area contributed by atoms with Gasteiger partial charge >= 0.3 is 11.9 Å². The lowest BCUT2D eigenvalue weighted by Crippen LogP contribution is -2.40. The monoisotopic (exact) mass is 321 g/mol. The number of rotatable bonds is 7. The Morgan fingerprint density at radius 3 is 2.65 bits per heavy atom. The van der Waals surface area contributed by atoms with Crippen LogP contribution in [0.25, 0.3) is 0 Å². The Bertz CT molecular complexity index is 592. The highest BCUT2D eigenvalue weighted by Gasteiger charge is 2.29. The second-order valence-electron chi connectivity index (χ2n) is 3.91. The number of ether oxygens (including phenoxy) is 1. The van der Waals surface area contributed by atoms with Gasteiger partial charge in [0.25, 0.3) is 0 Å². The number of aliphatic carboxylic acids is 1. The highest BCUT2D eigenvalue weighted by atomic mass is 32.2. The molecular formula is C11H15NO6S2. The van der Waals surface area contributed by atoms with Gasteiger partial charge in [-0.05, 0) is 17.9 Å². The van der Waals surface area contributed by atoms with E-state index in [9.17, 15) is 18.0 Å². The highest BCUT2D eigenvalue weighted by Crippen LogP contribution is 2.23. The number of carboxylic acid groups (broad SMARTS) is 1. The average Bonchev–Trinajstić information content (AvgIpc) is 2.87. The Labute approximate surface area is 120 Å². The summed E-state index contributed by atoms with van der Waals surface area (Å²) < 4.78 is 30.9. The summed E-state index contributed by atoms with van der Waals surface area (Å²) in [5.74, 6) is -2.03. The van der Waals surface area contributed by atoms with Gasteiger partial charge in [0.2, 0.25) is 10.0 Å². The number of thiophene rings is 1. The fourth-order valence-electron chi connectivity index (χ4n) is 1.52. The first-order valence-corrected chi connectivity index (χ1v) is 8.10. The van der Waals surface area contributed by atoms with Crippen LogP contribution in [0.1, 0.15) is 29.4 Å². The highest BCUT2D eigenvalue weighted by molar-refractivity contribution is 7.89. The molecule has 0 unspecified atom stereocenters. The molecule has 20 heavy (non-hydrogen) atoms. The van der Waals surface area contributed by atoms with E-state index >= 15 is 0 Å². The van der Waals surface area contributed by atoms with Gasteiger partial charge in [0.15, 0.2) is 0 Å². The lowest BCUT2D eigenvalue weighted by molar-refractivity contribution is -0.139. The number of methoxy groups -OCH3 is 1. The maximum Gasteiger partial charge on any atom is 0.349 e. The summed E-state index contributed by atoms with van der Waals surface area (Å²) in [5, 5.41) is 10.4. The molecule has 0 aliphatic carbocycles. The number of esters is 1. The molecule has 0 amide bonds. The van der Waals surface area contributed by atoms with Crippen LogP contribution in [0.3, 0.4) is 0 Å². The lowest BCUT2D eigenvalue weighted by Gasteiger charge is -2.13. The molecule has 1 heterocycles. The lowest BCUT2D eigenvalue weighted by atomic mass is 10.2. The third-order valence-corrected chi connectivity index (χ3v) is 5.00. The van der Waals surface area contributed by atoms with E-state index in [4.69, 9.17) is 5.11 Å². The molecule has 0 fully saturated rings. The predicted molar refractivity (Wildman–Crippen MR) is 72.3 cm³/mol. The molecule has 112 valence electrons. The summed E-state index contributed by atoms with van der Waals surface area (Å²) in [6, 6.07) is 0.0137. The number of nitrogens with one attached hydrogen (secondary N) is 1. The van der Waals surface area contributed by atoms with Gasteiger partial charge in [0.1, 0.15) is 15.8 Å². The first kappa shape index (κ1) is 16.6. The molecule has 1 rings (SSSR count). The van der Waals surface area contributed by atoms with Crippen molar-refractivity contribution >= 4 is 33.3 Å². The van der Waals surface area contributed by atoms with Crippen molar-refractivity contribution in [1.82, 2.24) is 4.72 Å². The second kappa shape index (κ2) is 6.82. The van der Waals surface area contributed by atoms with Gasteiger partial charge in [0, 0.05) is 0 Å². The first-order valence-electron chi connectivity index (χ1n) is 5.74. The Morgan fingerprint density at radius 1 is 1.50 bits per heavy atom. The molecule has 0 radical (unpaired) electrons. The van der Waals surface area contributed by atoms with E-state index in [2.05, 4.69) is 9.46 Å². The van der Waals surface area contributed by atoms with E-state index in [0.717, 1.165) is 18.4 Å². The molecule has 2 N–H and O–H groups in total. The Morgan fingerprint density at radius 2 is 2.15 bits per heavy atom. The maximum atomic E-state index is 12.1. The molecule has 1 aromatic rings. The zero-order valence-corrected chi connectivity index (χ0v) is 12.6. The van der Waals surface area contributed by atoms with Crippen molar-refractivity contribution in [3.8, 4) is 0 Å². The van der Waals surface area contributed by atoms with Crippen LogP contribution < -0.4 is 4.72 Å². The third kappa shape index (κ3) is 3.78. The van der Waals surface area contributed by atoms with Crippen LogP contribution in [0.2, 0.25) is 0 Å². The molecule has 1 aromatic heterocycles. The van der Waals surface area contributed by atoms with Gasteiger partial charge in [-0.1, -0.05) is 13.3 Å². The van der Waals surface area contributed by atoms with Crippen molar-refractivity contribution in [3.05, 3.63) is 16.3 Å². The minimum Gasteiger partial charge on any atom is -0.480 e. The zero-order chi connectivity index (χ0) is 15.3. The van der Waals surface area contributed by atoms with Crippen LogP contribution in [0.4, 0.5) is 0 Å². The Balaban J connectivity index is 3.08. The van der Waals surface area contributed by atoms with Gasteiger partial charge in [-0.15, -0.1) is 11.3 Å². The van der Waals surface area contributed by atoms with Crippen molar-refractivity contribution in [3.63, 3.8) is 0 Å². The van der Waals surface area contributed by atoms with Gasteiger partial charge in [-0.2, -0.15) is 4.72 Å². The van der Waals surface area contributed by atoms with Crippen LogP contribution in [-0.4, -0.2) is 38.6 Å². The molecule has 7 nitrogen and oxygen atoms in total. The molecule has 0 aliphatic heterocycles. The summed E-state index contributed by atoms with van der Waals surface area (Å²) in [5.41, 5.74) is 0. The number of carbonyl (C=O) groups is 2. The van der Waals surface area contributed by atoms with E-state index in [1.165, 1.54) is 11.4 Å². The molecule has 0 aromatic carbocycles. The molecular weight excluding hydrogens is 306 g/mol.